The zero-order chi connectivity index (χ0) is 14.8. The molecule has 1 aliphatic heterocycles. The lowest BCUT2D eigenvalue weighted by molar-refractivity contribution is -0.139. The number of hydrogen-bond donors (Lipinski definition) is 1. The van der Waals surface area contributed by atoms with Crippen LogP contribution in [-0.2, 0) is 6.18 Å². The number of rotatable bonds is 3. The highest BCUT2D eigenvalue weighted by molar-refractivity contribution is 5.85. The van der Waals surface area contributed by atoms with Gasteiger partial charge in [0.1, 0.15) is 12.5 Å². The summed E-state index contributed by atoms with van der Waals surface area (Å²) in [5.41, 5.74) is -1.69. The molecule has 1 N–H and O–H groups in total. The molecule has 1 atom stereocenters. The van der Waals surface area contributed by atoms with Crippen LogP contribution in [0.15, 0.2) is 18.2 Å². The highest BCUT2D eigenvalue weighted by Crippen LogP contribution is 2.37. The number of benzene rings is 1. The summed E-state index contributed by atoms with van der Waals surface area (Å²) in [4.78, 5) is 1.55. The van der Waals surface area contributed by atoms with Crippen molar-refractivity contribution in [3.05, 3.63) is 35.1 Å². The Labute approximate surface area is 137 Å². The molecule has 0 aliphatic carbocycles. The smallest absolute Gasteiger partial charge is 0.314 e. The molecule has 0 amide bonds. The minimum Gasteiger partial charge on any atom is -0.314 e. The molecule has 22 heavy (non-hydrogen) atoms. The molecule has 1 fully saturated rings. The van der Waals surface area contributed by atoms with E-state index < -0.39 is 35.8 Å². The van der Waals surface area contributed by atoms with Gasteiger partial charge in [-0.2, -0.15) is 13.2 Å². The summed E-state index contributed by atoms with van der Waals surface area (Å²) in [7, 11) is 0. The van der Waals surface area contributed by atoms with Crippen molar-refractivity contribution in [1.29, 1.82) is 0 Å². The van der Waals surface area contributed by atoms with Gasteiger partial charge in [0, 0.05) is 31.7 Å². The third-order valence-corrected chi connectivity index (χ3v) is 3.43. The summed E-state index contributed by atoms with van der Waals surface area (Å²) in [5, 5.41) is 3.02. The van der Waals surface area contributed by atoms with Crippen LogP contribution in [0.4, 0.5) is 22.0 Å². The monoisotopic (exact) mass is 366 g/mol. The number of piperazine rings is 1. The summed E-state index contributed by atoms with van der Waals surface area (Å²) < 4.78 is 66.1. The molecule has 0 unspecified atom stereocenters. The first-order valence-corrected chi connectivity index (χ1v) is 6.31. The highest BCUT2D eigenvalue weighted by atomic mass is 35.5. The molecule has 0 spiro atoms. The first-order valence-electron chi connectivity index (χ1n) is 6.31. The van der Waals surface area contributed by atoms with E-state index in [4.69, 9.17) is 0 Å². The van der Waals surface area contributed by atoms with E-state index in [9.17, 15) is 22.0 Å². The van der Waals surface area contributed by atoms with Crippen LogP contribution in [0.1, 0.15) is 17.2 Å². The van der Waals surface area contributed by atoms with Gasteiger partial charge < -0.3 is 5.32 Å². The summed E-state index contributed by atoms with van der Waals surface area (Å²) in [5.74, 6) is -1.01. The van der Waals surface area contributed by atoms with Crippen molar-refractivity contribution in [2.45, 2.75) is 12.2 Å². The molecule has 0 radical (unpaired) electrons. The molecule has 1 aromatic carbocycles. The Hall–Kier alpha value is -0.630. The SMILES string of the molecule is Cl.Cl.FC[C@H](c1c(F)cccc1C(F)(F)F)N1CCNCC1. The topological polar surface area (TPSA) is 15.3 Å². The zero-order valence-corrected chi connectivity index (χ0v) is 13.1. The molecule has 1 aromatic rings. The summed E-state index contributed by atoms with van der Waals surface area (Å²) >= 11 is 0. The minimum absolute atomic E-state index is 0. The van der Waals surface area contributed by atoms with E-state index >= 15 is 0 Å². The van der Waals surface area contributed by atoms with Gasteiger partial charge in [0.05, 0.1) is 11.6 Å². The molecule has 1 saturated heterocycles. The fraction of sp³-hybridized carbons (Fsp3) is 0.538. The Morgan fingerprint density at radius 1 is 1.14 bits per heavy atom. The Bertz CT molecular complexity index is 464. The molecule has 128 valence electrons. The Kier molecular flexibility index (Phi) is 8.61. The van der Waals surface area contributed by atoms with Crippen LogP contribution < -0.4 is 5.32 Å². The van der Waals surface area contributed by atoms with E-state index in [-0.39, 0.29) is 24.8 Å². The van der Waals surface area contributed by atoms with Crippen molar-refractivity contribution in [3.8, 4) is 0 Å². The molecule has 9 heteroatoms. The first kappa shape index (κ1) is 21.4. The zero-order valence-electron chi connectivity index (χ0n) is 11.5. The van der Waals surface area contributed by atoms with Crippen LogP contribution >= 0.6 is 24.8 Å². The van der Waals surface area contributed by atoms with E-state index in [1.165, 1.54) is 0 Å². The van der Waals surface area contributed by atoms with Gasteiger partial charge in [-0.3, -0.25) is 4.90 Å². The molecule has 2 nitrogen and oxygen atoms in total. The quantitative estimate of drug-likeness (QED) is 0.822. The number of nitrogens with one attached hydrogen (secondary N) is 1. The third kappa shape index (κ3) is 4.68. The van der Waals surface area contributed by atoms with Crippen molar-refractivity contribution in [1.82, 2.24) is 10.2 Å². The second kappa shape index (κ2) is 8.86. The van der Waals surface area contributed by atoms with Crippen LogP contribution in [-0.4, -0.2) is 37.8 Å². The molecule has 0 aromatic heterocycles. The molecule has 2 rings (SSSR count). The second-order valence-electron chi connectivity index (χ2n) is 4.65. The van der Waals surface area contributed by atoms with Crippen LogP contribution in [0.5, 0.6) is 0 Å². The van der Waals surface area contributed by atoms with E-state index in [1.807, 2.05) is 0 Å². The lowest BCUT2D eigenvalue weighted by atomic mass is 9.98. The van der Waals surface area contributed by atoms with Crippen LogP contribution in [0.2, 0.25) is 0 Å². The summed E-state index contributed by atoms with van der Waals surface area (Å²) in [6.45, 7) is 0.822. The van der Waals surface area contributed by atoms with Crippen LogP contribution in [0.25, 0.3) is 0 Å². The molecule has 0 saturated carbocycles. The lowest BCUT2D eigenvalue weighted by Crippen LogP contribution is -2.46. The predicted octanol–water partition coefficient (Wildman–Crippen LogP) is 3.60. The van der Waals surface area contributed by atoms with Crippen molar-refractivity contribution in [2.75, 3.05) is 32.9 Å². The normalized spacial score (nSPS) is 17.3. The Morgan fingerprint density at radius 2 is 1.73 bits per heavy atom. The first-order chi connectivity index (χ1) is 9.45. The van der Waals surface area contributed by atoms with Gasteiger partial charge in [-0.25, -0.2) is 8.78 Å². The highest BCUT2D eigenvalue weighted by Gasteiger charge is 2.38. The van der Waals surface area contributed by atoms with E-state index in [0.717, 1.165) is 18.2 Å². The molecule has 1 aliphatic rings. The van der Waals surface area contributed by atoms with Gasteiger partial charge in [0.25, 0.3) is 0 Å². The summed E-state index contributed by atoms with van der Waals surface area (Å²) in [6, 6.07) is 1.53. The van der Waals surface area contributed by atoms with Gasteiger partial charge in [-0.15, -0.1) is 24.8 Å². The van der Waals surface area contributed by atoms with Crippen molar-refractivity contribution >= 4 is 24.8 Å². The number of halogens is 7. The molecule has 1 heterocycles. The van der Waals surface area contributed by atoms with Crippen LogP contribution in [0, 0.1) is 5.82 Å². The van der Waals surface area contributed by atoms with Gasteiger partial charge in [0.15, 0.2) is 0 Å². The maximum Gasteiger partial charge on any atom is 0.416 e. The fourth-order valence-corrected chi connectivity index (χ4v) is 2.47. The van der Waals surface area contributed by atoms with E-state index in [2.05, 4.69) is 5.32 Å². The largest absolute Gasteiger partial charge is 0.416 e. The predicted molar refractivity (Wildman–Crippen MR) is 79.1 cm³/mol. The lowest BCUT2D eigenvalue weighted by Gasteiger charge is -2.34. The third-order valence-electron chi connectivity index (χ3n) is 3.43. The van der Waals surface area contributed by atoms with Gasteiger partial charge in [0.2, 0.25) is 0 Å². The molecular formula is C13H17Cl2F5N2. The minimum atomic E-state index is -4.70. The van der Waals surface area contributed by atoms with Crippen molar-refractivity contribution < 1.29 is 22.0 Å². The van der Waals surface area contributed by atoms with Gasteiger partial charge >= 0.3 is 6.18 Å². The number of nitrogens with zero attached hydrogens (tertiary/aromatic N) is 1. The maximum atomic E-state index is 13.9. The Balaban J connectivity index is 0.00000220. The maximum absolute atomic E-state index is 13.9. The fourth-order valence-electron chi connectivity index (χ4n) is 2.47. The van der Waals surface area contributed by atoms with Crippen molar-refractivity contribution in [3.63, 3.8) is 0 Å². The standard InChI is InChI=1S/C13H15F5N2.2ClH/c14-8-11(20-6-4-19-5-7-20)12-9(13(16,17)18)2-1-3-10(12)15;;/h1-3,11,19H,4-8H2;2*1H/t11-;;/m1../s1. The number of hydrogen-bond acceptors (Lipinski definition) is 2. The van der Waals surface area contributed by atoms with Crippen molar-refractivity contribution in [2.24, 2.45) is 0 Å². The average Bonchev–Trinajstić information content (AvgIpc) is 2.41. The average molecular weight is 367 g/mol. The summed E-state index contributed by atoms with van der Waals surface area (Å²) in [6.07, 6.45) is -4.70. The van der Waals surface area contributed by atoms with E-state index in [0.29, 0.717) is 26.2 Å². The molecular weight excluding hydrogens is 350 g/mol. The van der Waals surface area contributed by atoms with E-state index in [1.54, 1.807) is 4.90 Å². The number of alkyl halides is 4. The van der Waals surface area contributed by atoms with Gasteiger partial charge in [-0.1, -0.05) is 6.07 Å². The van der Waals surface area contributed by atoms with Crippen LogP contribution in [0.3, 0.4) is 0 Å². The Morgan fingerprint density at radius 3 is 2.23 bits per heavy atom. The molecule has 0 bridgehead atoms. The van der Waals surface area contributed by atoms with Gasteiger partial charge in [-0.05, 0) is 12.1 Å². The second-order valence-corrected chi connectivity index (χ2v) is 4.65.